The summed E-state index contributed by atoms with van der Waals surface area (Å²) < 4.78 is 5.36. The number of halogens is 1. The summed E-state index contributed by atoms with van der Waals surface area (Å²) in [6, 6.07) is 15.2. The first-order valence-electron chi connectivity index (χ1n) is 13.1. The Morgan fingerprint density at radius 3 is 2.59 bits per heavy atom. The molecule has 4 aromatic heterocycles. The van der Waals surface area contributed by atoms with Crippen LogP contribution < -0.4 is 11.0 Å². The van der Waals surface area contributed by atoms with E-state index in [1.807, 2.05) is 57.8 Å². The number of amides is 1. The molecule has 1 aliphatic carbocycles. The predicted octanol–water partition coefficient (Wildman–Crippen LogP) is 4.72. The SMILES string of the molecule is Cc1ncc(Cl)cc1C(=O)NC1CCC(Cn2c(=O)n(-c3cccc(-n4ccnc4)n3)c3ccccc32)CC1. The Morgan fingerprint density at radius 2 is 1.82 bits per heavy atom. The van der Waals surface area contributed by atoms with Gasteiger partial charge in [0.1, 0.15) is 18.0 Å². The average Bonchev–Trinajstić information content (AvgIpc) is 3.58. The number of carbonyl (C=O) groups excluding carboxylic acids is 1. The van der Waals surface area contributed by atoms with Crippen LogP contribution >= 0.6 is 11.6 Å². The van der Waals surface area contributed by atoms with E-state index in [9.17, 15) is 9.59 Å². The number of rotatable bonds is 6. The molecule has 6 rings (SSSR count). The lowest BCUT2D eigenvalue weighted by Gasteiger charge is -2.29. The zero-order valence-corrected chi connectivity index (χ0v) is 22.3. The molecule has 0 atom stereocenters. The lowest BCUT2D eigenvalue weighted by atomic mass is 9.85. The van der Waals surface area contributed by atoms with Gasteiger partial charge >= 0.3 is 5.69 Å². The average molecular weight is 542 g/mol. The van der Waals surface area contributed by atoms with Gasteiger partial charge in [0.05, 0.1) is 27.3 Å². The summed E-state index contributed by atoms with van der Waals surface area (Å²) in [4.78, 5) is 39.6. The number of fused-ring (bicyclic) bond motifs is 1. The Hall–Kier alpha value is -4.24. The molecule has 0 aliphatic heterocycles. The van der Waals surface area contributed by atoms with Gasteiger partial charge in [0, 0.05) is 31.2 Å². The van der Waals surface area contributed by atoms with Gasteiger partial charge in [0.15, 0.2) is 0 Å². The quantitative estimate of drug-likeness (QED) is 0.335. The molecule has 1 fully saturated rings. The molecule has 0 saturated heterocycles. The molecule has 0 bridgehead atoms. The number of aryl methyl sites for hydroxylation is 1. The molecular weight excluding hydrogens is 514 g/mol. The smallest absolute Gasteiger partial charge is 0.334 e. The van der Waals surface area contributed by atoms with Gasteiger partial charge in [-0.05, 0) is 68.9 Å². The van der Waals surface area contributed by atoms with E-state index in [1.54, 1.807) is 36.3 Å². The van der Waals surface area contributed by atoms with Gasteiger partial charge in [-0.15, -0.1) is 0 Å². The van der Waals surface area contributed by atoms with Crippen molar-refractivity contribution in [3.63, 3.8) is 0 Å². The zero-order valence-electron chi connectivity index (χ0n) is 21.5. The molecule has 1 N–H and O–H groups in total. The third-order valence-corrected chi connectivity index (χ3v) is 7.68. The normalized spacial score (nSPS) is 17.4. The molecule has 0 radical (unpaired) electrons. The van der Waals surface area contributed by atoms with Crippen LogP contribution in [-0.4, -0.2) is 40.6 Å². The van der Waals surface area contributed by atoms with Crippen LogP contribution in [0.3, 0.4) is 0 Å². The van der Waals surface area contributed by atoms with E-state index < -0.39 is 0 Å². The van der Waals surface area contributed by atoms with Crippen molar-refractivity contribution in [3.05, 3.63) is 100 Å². The third-order valence-electron chi connectivity index (χ3n) is 7.47. The fourth-order valence-corrected chi connectivity index (χ4v) is 5.59. The van der Waals surface area contributed by atoms with Crippen LogP contribution in [-0.2, 0) is 6.54 Å². The van der Waals surface area contributed by atoms with Crippen LogP contribution in [0.1, 0.15) is 41.7 Å². The number of para-hydroxylation sites is 2. The van der Waals surface area contributed by atoms with Crippen molar-refractivity contribution in [2.75, 3.05) is 0 Å². The van der Waals surface area contributed by atoms with E-state index in [-0.39, 0.29) is 17.6 Å². The van der Waals surface area contributed by atoms with E-state index in [2.05, 4.69) is 15.3 Å². The number of hydrogen-bond acceptors (Lipinski definition) is 5. The van der Waals surface area contributed by atoms with Crippen LogP contribution in [0.25, 0.3) is 22.7 Å². The van der Waals surface area contributed by atoms with E-state index >= 15 is 0 Å². The molecule has 39 heavy (non-hydrogen) atoms. The van der Waals surface area contributed by atoms with E-state index in [0.29, 0.717) is 40.4 Å². The zero-order chi connectivity index (χ0) is 26.9. The Kier molecular flexibility index (Phi) is 6.74. The second-order valence-electron chi connectivity index (χ2n) is 10.0. The Bertz CT molecular complexity index is 1700. The third kappa shape index (κ3) is 4.97. The summed E-state index contributed by atoms with van der Waals surface area (Å²) in [6.07, 6.45) is 10.3. The maximum atomic E-state index is 13.8. The highest BCUT2D eigenvalue weighted by molar-refractivity contribution is 6.30. The number of pyridine rings is 2. The van der Waals surface area contributed by atoms with Gasteiger partial charge in [-0.25, -0.2) is 19.3 Å². The lowest BCUT2D eigenvalue weighted by Crippen LogP contribution is -2.39. The van der Waals surface area contributed by atoms with Gasteiger partial charge < -0.3 is 5.32 Å². The monoisotopic (exact) mass is 541 g/mol. The van der Waals surface area contributed by atoms with E-state index in [0.717, 1.165) is 36.7 Å². The van der Waals surface area contributed by atoms with Crippen LogP contribution in [0.15, 0.2) is 78.2 Å². The summed E-state index contributed by atoms with van der Waals surface area (Å²) in [7, 11) is 0. The summed E-state index contributed by atoms with van der Waals surface area (Å²) in [5, 5.41) is 3.59. The van der Waals surface area contributed by atoms with Crippen LogP contribution in [0.5, 0.6) is 0 Å². The van der Waals surface area contributed by atoms with Crippen molar-refractivity contribution in [3.8, 4) is 11.6 Å². The summed E-state index contributed by atoms with van der Waals surface area (Å²) in [6.45, 7) is 2.42. The summed E-state index contributed by atoms with van der Waals surface area (Å²) in [5.74, 6) is 1.45. The molecule has 5 aromatic rings. The number of hydrogen-bond donors (Lipinski definition) is 1. The fraction of sp³-hybridized carbons (Fsp3) is 0.276. The minimum Gasteiger partial charge on any atom is -0.349 e. The molecule has 4 heterocycles. The predicted molar refractivity (Wildman–Crippen MR) is 150 cm³/mol. The van der Waals surface area contributed by atoms with Crippen LogP contribution in [0.4, 0.5) is 0 Å². The summed E-state index contributed by atoms with van der Waals surface area (Å²) >= 11 is 6.05. The lowest BCUT2D eigenvalue weighted by molar-refractivity contribution is 0.0919. The van der Waals surface area contributed by atoms with Crippen LogP contribution in [0.2, 0.25) is 5.02 Å². The van der Waals surface area contributed by atoms with Gasteiger partial charge in [-0.1, -0.05) is 29.8 Å². The van der Waals surface area contributed by atoms with Crippen molar-refractivity contribution in [2.24, 2.45) is 5.92 Å². The van der Waals surface area contributed by atoms with E-state index in [1.165, 1.54) is 0 Å². The van der Waals surface area contributed by atoms with E-state index in [4.69, 9.17) is 16.6 Å². The molecule has 9 nitrogen and oxygen atoms in total. The van der Waals surface area contributed by atoms with Crippen molar-refractivity contribution in [1.82, 2.24) is 34.0 Å². The molecule has 1 saturated carbocycles. The van der Waals surface area contributed by atoms with Crippen molar-refractivity contribution < 1.29 is 4.79 Å². The number of nitrogens with zero attached hydrogens (tertiary/aromatic N) is 6. The number of benzene rings is 1. The maximum Gasteiger partial charge on any atom is 0.334 e. The molecule has 198 valence electrons. The highest BCUT2D eigenvalue weighted by atomic mass is 35.5. The summed E-state index contributed by atoms with van der Waals surface area (Å²) in [5.41, 5.74) is 2.77. The second-order valence-corrected chi connectivity index (χ2v) is 10.5. The topological polar surface area (TPSA) is 99.6 Å². The highest BCUT2D eigenvalue weighted by Crippen LogP contribution is 2.28. The molecular formula is C29H28ClN7O2. The molecule has 1 amide bonds. The molecule has 0 unspecified atom stereocenters. The fourth-order valence-electron chi connectivity index (χ4n) is 5.43. The van der Waals surface area contributed by atoms with Crippen molar-refractivity contribution in [1.29, 1.82) is 0 Å². The molecule has 1 aliphatic rings. The van der Waals surface area contributed by atoms with Crippen molar-refractivity contribution in [2.45, 2.75) is 45.2 Å². The maximum absolute atomic E-state index is 13.8. The minimum absolute atomic E-state index is 0.0836. The first-order chi connectivity index (χ1) is 19.0. The minimum atomic E-state index is -0.143. The Labute approximate surface area is 230 Å². The van der Waals surface area contributed by atoms with Crippen molar-refractivity contribution >= 4 is 28.5 Å². The van der Waals surface area contributed by atoms with Gasteiger partial charge in [-0.3, -0.25) is 18.9 Å². The van der Waals surface area contributed by atoms with Crippen LogP contribution in [0, 0.1) is 12.8 Å². The number of carbonyl (C=O) groups is 1. The molecule has 0 spiro atoms. The molecule has 10 heteroatoms. The Balaban J connectivity index is 1.20. The highest BCUT2D eigenvalue weighted by Gasteiger charge is 2.26. The first-order valence-corrected chi connectivity index (χ1v) is 13.4. The largest absolute Gasteiger partial charge is 0.349 e. The van der Waals surface area contributed by atoms with Gasteiger partial charge in [0.25, 0.3) is 5.91 Å². The number of aromatic nitrogens is 6. The van der Waals surface area contributed by atoms with Gasteiger partial charge in [0.2, 0.25) is 0 Å². The molecule has 1 aromatic carbocycles. The second kappa shape index (κ2) is 10.5. The first kappa shape index (κ1) is 25.1. The number of nitrogens with one attached hydrogen (secondary N) is 1. The standard InChI is InChI=1S/C29H28ClN7O2/c1-19-23(15-21(30)16-32-19)28(38)33-22-11-9-20(10-12-22)17-36-24-5-2-3-6-25(24)37(29(36)39)27-8-4-7-26(34-27)35-14-13-31-18-35/h2-8,13-16,18,20,22H,9-12,17H2,1H3,(H,33,38). The Morgan fingerprint density at radius 1 is 1.05 bits per heavy atom. The van der Waals surface area contributed by atoms with Gasteiger partial charge in [-0.2, -0.15) is 0 Å². The number of imidazole rings is 2.